The van der Waals surface area contributed by atoms with Gasteiger partial charge in [-0.05, 0) is 18.6 Å². The molecule has 0 aliphatic heterocycles. The van der Waals surface area contributed by atoms with Crippen molar-refractivity contribution >= 4 is 34.9 Å². The van der Waals surface area contributed by atoms with Gasteiger partial charge < -0.3 is 10.1 Å². The van der Waals surface area contributed by atoms with E-state index in [-0.39, 0.29) is 22.8 Å². The zero-order valence-electron chi connectivity index (χ0n) is 14.0. The van der Waals surface area contributed by atoms with Crippen molar-refractivity contribution in [2.24, 2.45) is 0 Å². The molecule has 0 spiro atoms. The minimum Gasteiger partial charge on any atom is -0.447 e. The highest BCUT2D eigenvalue weighted by molar-refractivity contribution is 6.32. The maximum atomic E-state index is 12.6. The molecule has 2 rings (SSSR count). The topological polar surface area (TPSA) is 98.5 Å². The fourth-order valence-electron chi connectivity index (χ4n) is 2.23. The van der Waals surface area contributed by atoms with Crippen LogP contribution < -0.4 is 5.32 Å². The van der Waals surface area contributed by atoms with E-state index < -0.39 is 22.9 Å². The lowest BCUT2D eigenvalue weighted by Gasteiger charge is -2.18. The number of benzene rings is 2. The van der Waals surface area contributed by atoms with E-state index in [0.717, 1.165) is 6.07 Å². The Morgan fingerprint density at radius 3 is 2.54 bits per heavy atom. The zero-order valence-corrected chi connectivity index (χ0v) is 14.7. The largest absolute Gasteiger partial charge is 0.447 e. The summed E-state index contributed by atoms with van der Waals surface area (Å²) in [4.78, 5) is 34.8. The molecule has 0 fully saturated rings. The van der Waals surface area contributed by atoms with Gasteiger partial charge in [-0.15, -0.1) is 0 Å². The van der Waals surface area contributed by atoms with Gasteiger partial charge in [-0.2, -0.15) is 0 Å². The van der Waals surface area contributed by atoms with E-state index in [1.807, 2.05) is 6.92 Å². The number of nitro groups is 1. The van der Waals surface area contributed by atoms with Crippen molar-refractivity contribution in [2.45, 2.75) is 25.9 Å². The van der Waals surface area contributed by atoms with E-state index in [1.54, 1.807) is 30.3 Å². The number of halogens is 1. The van der Waals surface area contributed by atoms with Gasteiger partial charge in [-0.25, -0.2) is 0 Å². The number of carbonyl (C=O) groups excluding carboxylic acids is 2. The third-order valence-corrected chi connectivity index (χ3v) is 3.77. The molecule has 0 radical (unpaired) electrons. The number of hydrogen-bond acceptors (Lipinski definition) is 5. The van der Waals surface area contributed by atoms with E-state index in [2.05, 4.69) is 5.32 Å². The number of amides is 1. The van der Waals surface area contributed by atoms with E-state index in [1.165, 1.54) is 12.1 Å². The maximum absolute atomic E-state index is 12.6. The molecule has 7 nitrogen and oxygen atoms in total. The molecule has 0 saturated carbocycles. The second-order valence-electron chi connectivity index (χ2n) is 5.44. The first-order valence-electron chi connectivity index (χ1n) is 7.91. The molecule has 1 N–H and O–H groups in total. The summed E-state index contributed by atoms with van der Waals surface area (Å²) in [6, 6.07) is 12.4. The van der Waals surface area contributed by atoms with Gasteiger partial charge in [-0.1, -0.05) is 48.9 Å². The number of esters is 1. The average molecular weight is 377 g/mol. The quantitative estimate of drug-likeness (QED) is 0.442. The van der Waals surface area contributed by atoms with Crippen LogP contribution in [0.5, 0.6) is 0 Å². The molecule has 0 saturated heterocycles. The highest BCUT2D eigenvalue weighted by atomic mass is 35.5. The molecule has 0 bridgehead atoms. The van der Waals surface area contributed by atoms with Crippen LogP contribution in [0, 0.1) is 10.1 Å². The summed E-state index contributed by atoms with van der Waals surface area (Å²) in [7, 11) is 0. The molecule has 0 unspecified atom stereocenters. The lowest BCUT2D eigenvalue weighted by molar-refractivity contribution is -0.384. The minimum absolute atomic E-state index is 0.0398. The Morgan fingerprint density at radius 1 is 1.23 bits per heavy atom. The summed E-state index contributed by atoms with van der Waals surface area (Å²) in [5.74, 6) is -1.11. The van der Waals surface area contributed by atoms with Crippen molar-refractivity contribution in [3.63, 3.8) is 0 Å². The Hall–Kier alpha value is -2.93. The summed E-state index contributed by atoms with van der Waals surface area (Å²) in [5, 5.41) is 13.5. The lowest BCUT2D eigenvalue weighted by Crippen LogP contribution is -2.25. The maximum Gasteiger partial charge on any atom is 0.306 e. The van der Waals surface area contributed by atoms with Gasteiger partial charge in [0.2, 0.25) is 6.10 Å². The first-order valence-corrected chi connectivity index (χ1v) is 8.29. The molecule has 26 heavy (non-hydrogen) atoms. The van der Waals surface area contributed by atoms with Gasteiger partial charge in [-0.3, -0.25) is 19.7 Å². The summed E-state index contributed by atoms with van der Waals surface area (Å²) < 4.78 is 5.30. The number of ether oxygens (including phenoxy) is 1. The second kappa shape index (κ2) is 8.96. The molecule has 2 aromatic rings. The minimum atomic E-state index is -1.16. The van der Waals surface area contributed by atoms with Crippen molar-refractivity contribution in [3.05, 3.63) is 69.2 Å². The van der Waals surface area contributed by atoms with Crippen molar-refractivity contribution < 1.29 is 19.2 Å². The number of hydrogen-bond donors (Lipinski definition) is 1. The summed E-state index contributed by atoms with van der Waals surface area (Å²) in [5.41, 5.74) is 0.347. The summed E-state index contributed by atoms with van der Waals surface area (Å²) in [6.45, 7) is 1.83. The van der Waals surface area contributed by atoms with E-state index in [9.17, 15) is 19.7 Å². The smallest absolute Gasteiger partial charge is 0.306 e. The molecule has 8 heteroatoms. The van der Waals surface area contributed by atoms with Crippen LogP contribution in [0.2, 0.25) is 5.02 Å². The molecule has 0 aliphatic rings. The highest BCUT2D eigenvalue weighted by Crippen LogP contribution is 2.28. The Morgan fingerprint density at radius 2 is 1.92 bits per heavy atom. The molecule has 0 heterocycles. The molecule has 1 amide bonds. The number of nitro benzene ring substituents is 1. The molecular weight excluding hydrogens is 360 g/mol. The molecule has 136 valence electrons. The highest BCUT2D eigenvalue weighted by Gasteiger charge is 2.25. The summed E-state index contributed by atoms with van der Waals surface area (Å²) in [6.07, 6.45) is -0.390. The number of carbonyl (C=O) groups is 2. The van der Waals surface area contributed by atoms with E-state index >= 15 is 0 Å². The Bertz CT molecular complexity index is 810. The Labute approximate surface area is 155 Å². The van der Waals surface area contributed by atoms with Crippen LogP contribution in [0.4, 0.5) is 11.4 Å². The number of anilines is 1. The normalized spacial score (nSPS) is 11.5. The molecule has 0 aromatic heterocycles. The van der Waals surface area contributed by atoms with Gasteiger partial charge in [0.05, 0.1) is 4.92 Å². The van der Waals surface area contributed by atoms with Crippen LogP contribution in [0.3, 0.4) is 0 Å². The van der Waals surface area contributed by atoms with Crippen molar-refractivity contribution in [2.75, 3.05) is 5.32 Å². The first-order chi connectivity index (χ1) is 12.4. The van der Waals surface area contributed by atoms with Gasteiger partial charge in [0, 0.05) is 23.7 Å². The lowest BCUT2D eigenvalue weighted by atomic mass is 10.1. The molecule has 1 atom stereocenters. The van der Waals surface area contributed by atoms with Crippen LogP contribution in [-0.2, 0) is 14.3 Å². The van der Waals surface area contributed by atoms with Crippen LogP contribution >= 0.6 is 11.6 Å². The third kappa shape index (κ3) is 5.03. The predicted molar refractivity (Wildman–Crippen MR) is 96.9 cm³/mol. The Balaban J connectivity index is 2.25. The monoisotopic (exact) mass is 376 g/mol. The van der Waals surface area contributed by atoms with Gasteiger partial charge in [0.25, 0.3) is 11.6 Å². The van der Waals surface area contributed by atoms with Crippen molar-refractivity contribution in [3.8, 4) is 0 Å². The van der Waals surface area contributed by atoms with Gasteiger partial charge in [0.15, 0.2) is 0 Å². The van der Waals surface area contributed by atoms with Gasteiger partial charge in [0.1, 0.15) is 5.02 Å². The average Bonchev–Trinajstić information content (AvgIpc) is 2.62. The van der Waals surface area contributed by atoms with Crippen LogP contribution in [-0.4, -0.2) is 16.8 Å². The van der Waals surface area contributed by atoms with E-state index in [0.29, 0.717) is 12.0 Å². The number of nitrogens with zero attached hydrogens (tertiary/aromatic N) is 1. The zero-order chi connectivity index (χ0) is 19.1. The third-order valence-electron chi connectivity index (χ3n) is 3.45. The molecular formula is C18H17ClN2O5. The number of nitrogens with one attached hydrogen (secondary N) is 1. The SMILES string of the molecule is CCCC(=O)O[C@@H](C(=O)Nc1ccc(Cl)c([N+](=O)[O-])c1)c1ccccc1. The molecule has 0 aliphatic carbocycles. The standard InChI is InChI=1S/C18H17ClN2O5/c1-2-6-16(22)26-17(12-7-4-3-5-8-12)18(23)20-13-9-10-14(19)15(11-13)21(24)25/h3-5,7-11,17H,2,6H2,1H3,(H,20,23)/t17-/m1/s1. The van der Waals surface area contributed by atoms with Gasteiger partial charge >= 0.3 is 5.97 Å². The van der Waals surface area contributed by atoms with Crippen molar-refractivity contribution in [1.29, 1.82) is 0 Å². The fourth-order valence-corrected chi connectivity index (χ4v) is 2.42. The van der Waals surface area contributed by atoms with Crippen LogP contribution in [0.15, 0.2) is 48.5 Å². The summed E-state index contributed by atoms with van der Waals surface area (Å²) >= 11 is 5.77. The second-order valence-corrected chi connectivity index (χ2v) is 5.85. The molecule has 2 aromatic carbocycles. The van der Waals surface area contributed by atoms with Crippen LogP contribution in [0.1, 0.15) is 31.4 Å². The van der Waals surface area contributed by atoms with E-state index in [4.69, 9.17) is 16.3 Å². The first kappa shape index (κ1) is 19.4. The predicted octanol–water partition coefficient (Wildman–Crippen LogP) is 4.27. The fraction of sp³-hybridized carbons (Fsp3) is 0.222. The Kier molecular flexibility index (Phi) is 6.68. The van der Waals surface area contributed by atoms with Crippen LogP contribution in [0.25, 0.3) is 0 Å². The number of rotatable bonds is 7. The van der Waals surface area contributed by atoms with Crippen molar-refractivity contribution in [1.82, 2.24) is 0 Å².